The fraction of sp³-hybridized carbons (Fsp3) is 0.435. The molecule has 0 atom stereocenters. The number of anilines is 1. The van der Waals surface area contributed by atoms with E-state index in [2.05, 4.69) is 15.6 Å². The van der Waals surface area contributed by atoms with Gasteiger partial charge in [-0.2, -0.15) is 0 Å². The predicted molar refractivity (Wildman–Crippen MR) is 119 cm³/mol. The first-order valence-corrected chi connectivity index (χ1v) is 10.6. The summed E-state index contributed by atoms with van der Waals surface area (Å²) < 4.78 is 25.6. The molecule has 7 heteroatoms. The Hall–Kier alpha value is -2.80. The number of hydrogen-bond acceptors (Lipinski definition) is 4. The fourth-order valence-corrected chi connectivity index (χ4v) is 3.21. The fourth-order valence-electron chi connectivity index (χ4n) is 3.21. The van der Waals surface area contributed by atoms with Crippen LogP contribution in [0.3, 0.4) is 0 Å². The predicted octanol–water partition coefficient (Wildman–Crippen LogP) is 3.19. The lowest BCUT2D eigenvalue weighted by Gasteiger charge is -2.29. The molecule has 0 saturated carbocycles. The number of nitrogens with one attached hydrogen (secondary N) is 2. The van der Waals surface area contributed by atoms with Crippen molar-refractivity contribution in [1.29, 1.82) is 0 Å². The van der Waals surface area contributed by atoms with Crippen molar-refractivity contribution in [3.05, 3.63) is 59.9 Å². The van der Waals surface area contributed by atoms with Crippen molar-refractivity contribution in [3.63, 3.8) is 0 Å². The zero-order chi connectivity index (χ0) is 21.0. The van der Waals surface area contributed by atoms with Crippen molar-refractivity contribution in [3.8, 4) is 5.75 Å². The van der Waals surface area contributed by atoms with Crippen molar-refractivity contribution < 1.29 is 13.9 Å². The smallest absolute Gasteiger partial charge is 0.191 e. The number of benzene rings is 2. The molecular formula is C23H31FN4O2. The number of nitrogens with zero attached hydrogens (tertiary/aromatic N) is 2. The molecule has 0 radical (unpaired) electrons. The van der Waals surface area contributed by atoms with E-state index in [1.807, 2.05) is 54.3 Å². The highest BCUT2D eigenvalue weighted by Gasteiger charge is 2.15. The number of rotatable bonds is 9. The van der Waals surface area contributed by atoms with Gasteiger partial charge in [-0.25, -0.2) is 9.38 Å². The van der Waals surface area contributed by atoms with E-state index in [-0.39, 0.29) is 5.82 Å². The van der Waals surface area contributed by atoms with Gasteiger partial charge in [0.1, 0.15) is 11.6 Å². The first-order valence-electron chi connectivity index (χ1n) is 10.6. The quantitative estimate of drug-likeness (QED) is 0.375. The third-order valence-electron chi connectivity index (χ3n) is 4.75. The van der Waals surface area contributed by atoms with Crippen LogP contribution in [0.25, 0.3) is 0 Å². The summed E-state index contributed by atoms with van der Waals surface area (Å²) in [4.78, 5) is 6.60. The third kappa shape index (κ3) is 6.91. The lowest BCUT2D eigenvalue weighted by molar-refractivity contribution is 0.122. The lowest BCUT2D eigenvalue weighted by Crippen LogP contribution is -2.38. The van der Waals surface area contributed by atoms with Gasteiger partial charge < -0.3 is 25.0 Å². The highest BCUT2D eigenvalue weighted by atomic mass is 19.1. The molecule has 1 aliphatic rings. The average Bonchev–Trinajstić information content (AvgIpc) is 2.78. The molecule has 1 saturated heterocycles. The molecule has 2 aromatic rings. The summed E-state index contributed by atoms with van der Waals surface area (Å²) in [6.07, 6.45) is 0.849. The second kappa shape index (κ2) is 12.0. The molecule has 1 fully saturated rings. The maximum Gasteiger partial charge on any atom is 0.191 e. The lowest BCUT2D eigenvalue weighted by atomic mass is 10.1. The Bertz CT molecular complexity index is 795. The van der Waals surface area contributed by atoms with Crippen LogP contribution in [-0.2, 0) is 11.3 Å². The molecule has 1 heterocycles. The van der Waals surface area contributed by atoms with Crippen molar-refractivity contribution in [2.45, 2.75) is 19.9 Å². The van der Waals surface area contributed by atoms with Crippen molar-refractivity contribution in [2.75, 3.05) is 50.9 Å². The number of halogens is 1. The number of morpholine rings is 1. The van der Waals surface area contributed by atoms with E-state index in [0.29, 0.717) is 32.1 Å². The molecule has 2 N–H and O–H groups in total. The van der Waals surface area contributed by atoms with Crippen LogP contribution in [-0.4, -0.2) is 52.0 Å². The zero-order valence-corrected chi connectivity index (χ0v) is 17.6. The topological polar surface area (TPSA) is 58.1 Å². The van der Waals surface area contributed by atoms with Crippen molar-refractivity contribution in [2.24, 2.45) is 4.99 Å². The summed E-state index contributed by atoms with van der Waals surface area (Å²) in [6, 6.07) is 15.1. The molecule has 0 bridgehead atoms. The Morgan fingerprint density at radius 3 is 2.67 bits per heavy atom. The van der Waals surface area contributed by atoms with Gasteiger partial charge in [-0.15, -0.1) is 0 Å². The molecule has 0 unspecified atom stereocenters. The van der Waals surface area contributed by atoms with Crippen LogP contribution >= 0.6 is 0 Å². The van der Waals surface area contributed by atoms with Gasteiger partial charge in [0.05, 0.1) is 32.1 Å². The van der Waals surface area contributed by atoms with Crippen molar-refractivity contribution in [1.82, 2.24) is 10.6 Å². The maximum absolute atomic E-state index is 14.6. The summed E-state index contributed by atoms with van der Waals surface area (Å²) in [6.45, 7) is 7.28. The zero-order valence-electron chi connectivity index (χ0n) is 17.6. The SMILES string of the molecule is CCNC(=NCc1ccc(N2CCOCC2)c(F)c1)NCCCOc1ccccc1. The minimum Gasteiger partial charge on any atom is -0.494 e. The minimum absolute atomic E-state index is 0.208. The third-order valence-corrected chi connectivity index (χ3v) is 4.75. The molecule has 0 aromatic heterocycles. The standard InChI is InChI=1S/C23H31FN4O2/c1-2-25-23(26-11-6-14-30-20-7-4-3-5-8-20)27-18-19-9-10-22(21(24)17-19)28-12-15-29-16-13-28/h3-5,7-10,17H,2,6,11-16,18H2,1H3,(H2,25,26,27). The first-order chi connectivity index (χ1) is 14.8. The normalized spacial score (nSPS) is 14.5. The summed E-state index contributed by atoms with van der Waals surface area (Å²) >= 11 is 0. The van der Waals surface area contributed by atoms with Crippen LogP contribution in [0.2, 0.25) is 0 Å². The van der Waals surface area contributed by atoms with E-state index in [9.17, 15) is 4.39 Å². The molecule has 30 heavy (non-hydrogen) atoms. The molecule has 3 rings (SSSR count). The maximum atomic E-state index is 14.6. The monoisotopic (exact) mass is 414 g/mol. The molecule has 162 valence electrons. The van der Waals surface area contributed by atoms with Crippen LogP contribution < -0.4 is 20.3 Å². The Labute approximate surface area is 178 Å². The molecule has 2 aromatic carbocycles. The second-order valence-electron chi connectivity index (χ2n) is 7.02. The van der Waals surface area contributed by atoms with Gasteiger partial charge in [0, 0.05) is 26.2 Å². The molecule has 0 aliphatic carbocycles. The van der Waals surface area contributed by atoms with Crippen LogP contribution in [0, 0.1) is 5.82 Å². The summed E-state index contributed by atoms with van der Waals surface area (Å²) in [5, 5.41) is 6.52. The van der Waals surface area contributed by atoms with Gasteiger partial charge in [0.15, 0.2) is 5.96 Å². The molecule has 6 nitrogen and oxygen atoms in total. The van der Waals surface area contributed by atoms with Crippen LogP contribution in [0.5, 0.6) is 5.75 Å². The molecule has 0 amide bonds. The van der Waals surface area contributed by atoms with Gasteiger partial charge in [-0.05, 0) is 43.2 Å². The van der Waals surface area contributed by atoms with Crippen LogP contribution in [0.1, 0.15) is 18.9 Å². The van der Waals surface area contributed by atoms with E-state index < -0.39 is 0 Å². The Morgan fingerprint density at radius 1 is 1.13 bits per heavy atom. The minimum atomic E-state index is -0.208. The van der Waals surface area contributed by atoms with Gasteiger partial charge >= 0.3 is 0 Å². The van der Waals surface area contributed by atoms with E-state index in [4.69, 9.17) is 9.47 Å². The van der Waals surface area contributed by atoms with Gasteiger partial charge in [0.25, 0.3) is 0 Å². The highest BCUT2D eigenvalue weighted by molar-refractivity contribution is 5.79. The number of ether oxygens (including phenoxy) is 2. The van der Waals surface area contributed by atoms with Crippen LogP contribution in [0.15, 0.2) is 53.5 Å². The van der Waals surface area contributed by atoms with E-state index >= 15 is 0 Å². The Balaban J connectivity index is 1.47. The molecule has 0 spiro atoms. The molecular weight excluding hydrogens is 383 g/mol. The summed E-state index contributed by atoms with van der Waals surface area (Å²) in [5.74, 6) is 1.39. The number of para-hydroxylation sites is 1. The number of aliphatic imine (C=N–C) groups is 1. The second-order valence-corrected chi connectivity index (χ2v) is 7.02. The largest absolute Gasteiger partial charge is 0.494 e. The van der Waals surface area contributed by atoms with E-state index in [1.165, 1.54) is 0 Å². The Kier molecular flexibility index (Phi) is 8.78. The van der Waals surface area contributed by atoms with E-state index in [1.54, 1.807) is 6.07 Å². The number of hydrogen-bond donors (Lipinski definition) is 2. The van der Waals surface area contributed by atoms with Crippen molar-refractivity contribution >= 4 is 11.6 Å². The van der Waals surface area contributed by atoms with Gasteiger partial charge in [-0.1, -0.05) is 24.3 Å². The van der Waals surface area contributed by atoms with Gasteiger partial charge in [-0.3, -0.25) is 0 Å². The molecule has 1 aliphatic heterocycles. The van der Waals surface area contributed by atoms with Gasteiger partial charge in [0.2, 0.25) is 0 Å². The highest BCUT2D eigenvalue weighted by Crippen LogP contribution is 2.22. The Morgan fingerprint density at radius 2 is 1.93 bits per heavy atom. The summed E-state index contributed by atoms with van der Waals surface area (Å²) in [5.41, 5.74) is 1.48. The van der Waals surface area contributed by atoms with E-state index in [0.717, 1.165) is 49.9 Å². The number of guanidine groups is 1. The summed E-state index contributed by atoms with van der Waals surface area (Å²) in [7, 11) is 0. The average molecular weight is 415 g/mol. The van der Waals surface area contributed by atoms with Crippen LogP contribution in [0.4, 0.5) is 10.1 Å². The first kappa shape index (κ1) is 21.9.